The third-order valence-electron chi connectivity index (χ3n) is 6.23. The number of benzene rings is 1. The first-order chi connectivity index (χ1) is 13.7. The highest BCUT2D eigenvalue weighted by Crippen LogP contribution is 2.30. The maximum Gasteiger partial charge on any atom is 0.267 e. The van der Waals surface area contributed by atoms with Gasteiger partial charge < -0.3 is 4.90 Å². The van der Waals surface area contributed by atoms with Gasteiger partial charge in [0.05, 0.1) is 11.2 Å². The van der Waals surface area contributed by atoms with Gasteiger partial charge in [-0.3, -0.25) is 9.78 Å². The van der Waals surface area contributed by atoms with Crippen molar-refractivity contribution in [2.75, 3.05) is 18.0 Å². The summed E-state index contributed by atoms with van der Waals surface area (Å²) < 4.78 is 1.72. The van der Waals surface area contributed by atoms with E-state index < -0.39 is 0 Å². The Hall–Kier alpha value is -2.69. The average Bonchev–Trinajstić information content (AvgIpc) is 3.15. The number of fused-ring (bicyclic) bond motifs is 2. The molecule has 0 N–H and O–H groups in total. The van der Waals surface area contributed by atoms with Crippen LogP contribution in [0, 0.1) is 12.8 Å². The Balaban J connectivity index is 1.32. The van der Waals surface area contributed by atoms with E-state index in [1.165, 1.54) is 11.1 Å². The number of rotatable bonds is 3. The maximum atomic E-state index is 12.4. The zero-order valence-electron chi connectivity index (χ0n) is 16.4. The molecule has 5 rings (SSSR count). The van der Waals surface area contributed by atoms with Crippen LogP contribution in [0.5, 0.6) is 0 Å². The van der Waals surface area contributed by atoms with Gasteiger partial charge in [-0.05, 0) is 62.6 Å². The summed E-state index contributed by atoms with van der Waals surface area (Å²) in [6.07, 6.45) is 5.32. The van der Waals surface area contributed by atoms with Crippen molar-refractivity contribution in [3.8, 4) is 0 Å². The van der Waals surface area contributed by atoms with E-state index in [0.29, 0.717) is 5.92 Å². The summed E-state index contributed by atoms with van der Waals surface area (Å²) in [7, 11) is 0. The van der Waals surface area contributed by atoms with Gasteiger partial charge in [-0.1, -0.05) is 18.2 Å². The summed E-state index contributed by atoms with van der Waals surface area (Å²) in [5.74, 6) is 0.509. The Labute approximate surface area is 165 Å². The second kappa shape index (κ2) is 7.04. The normalized spacial score (nSPS) is 17.2. The third kappa shape index (κ3) is 3.19. The van der Waals surface area contributed by atoms with Gasteiger partial charge in [0.25, 0.3) is 5.56 Å². The van der Waals surface area contributed by atoms with Crippen LogP contribution in [-0.2, 0) is 19.4 Å². The minimum absolute atomic E-state index is 0.0684. The molecule has 0 saturated carbocycles. The molecule has 0 bridgehead atoms. The number of aromatic nitrogens is 3. The molecule has 28 heavy (non-hydrogen) atoms. The van der Waals surface area contributed by atoms with E-state index in [-0.39, 0.29) is 5.56 Å². The molecule has 0 atom stereocenters. The van der Waals surface area contributed by atoms with Crippen molar-refractivity contribution in [1.29, 1.82) is 0 Å². The number of anilines is 1. The van der Waals surface area contributed by atoms with E-state index in [2.05, 4.69) is 46.2 Å². The highest BCUT2D eigenvalue weighted by Gasteiger charge is 2.23. The van der Waals surface area contributed by atoms with Gasteiger partial charge in [0, 0.05) is 42.5 Å². The Morgan fingerprint density at radius 3 is 2.79 bits per heavy atom. The van der Waals surface area contributed by atoms with Crippen LogP contribution in [0.3, 0.4) is 0 Å². The van der Waals surface area contributed by atoms with Crippen molar-refractivity contribution in [2.45, 2.75) is 45.6 Å². The second-order valence-electron chi connectivity index (χ2n) is 8.22. The van der Waals surface area contributed by atoms with Gasteiger partial charge in [-0.15, -0.1) is 0 Å². The summed E-state index contributed by atoms with van der Waals surface area (Å²) in [5, 5.41) is 5.88. The van der Waals surface area contributed by atoms with Crippen LogP contribution in [0.1, 0.15) is 36.2 Å². The first kappa shape index (κ1) is 17.4. The number of piperidine rings is 1. The lowest BCUT2D eigenvalue weighted by molar-refractivity contribution is 0.334. The van der Waals surface area contributed by atoms with Crippen LogP contribution >= 0.6 is 0 Å². The van der Waals surface area contributed by atoms with Crippen molar-refractivity contribution in [3.63, 3.8) is 0 Å². The van der Waals surface area contributed by atoms with Gasteiger partial charge in [0.15, 0.2) is 0 Å². The number of para-hydroxylation sites is 1. The molecule has 144 valence electrons. The van der Waals surface area contributed by atoms with Crippen molar-refractivity contribution < 1.29 is 0 Å². The van der Waals surface area contributed by atoms with E-state index in [1.54, 1.807) is 4.68 Å². The summed E-state index contributed by atoms with van der Waals surface area (Å²) in [6.45, 7) is 4.83. The molecule has 1 fully saturated rings. The minimum atomic E-state index is 0.0684. The second-order valence-corrected chi connectivity index (χ2v) is 8.22. The van der Waals surface area contributed by atoms with E-state index in [1.807, 2.05) is 12.1 Å². The largest absolute Gasteiger partial charge is 0.371 e. The van der Waals surface area contributed by atoms with E-state index in [4.69, 9.17) is 0 Å². The lowest BCUT2D eigenvalue weighted by atomic mass is 9.96. The molecule has 0 amide bonds. The molecule has 2 aromatic heterocycles. The minimum Gasteiger partial charge on any atom is -0.371 e. The van der Waals surface area contributed by atoms with Gasteiger partial charge in [0.1, 0.15) is 0 Å². The van der Waals surface area contributed by atoms with Gasteiger partial charge in [0.2, 0.25) is 0 Å². The average molecular weight is 374 g/mol. The van der Waals surface area contributed by atoms with Crippen molar-refractivity contribution >= 4 is 16.6 Å². The number of hydrogen-bond acceptors (Lipinski definition) is 4. The summed E-state index contributed by atoms with van der Waals surface area (Å²) in [6, 6.07) is 12.4. The van der Waals surface area contributed by atoms with Crippen molar-refractivity contribution in [2.24, 2.45) is 5.92 Å². The lowest BCUT2D eigenvalue weighted by Gasteiger charge is -2.34. The van der Waals surface area contributed by atoms with Crippen LogP contribution in [0.4, 0.5) is 5.69 Å². The first-order valence-corrected chi connectivity index (χ1v) is 10.4. The number of hydrogen-bond donors (Lipinski definition) is 0. The predicted molar refractivity (Wildman–Crippen MR) is 112 cm³/mol. The van der Waals surface area contributed by atoms with Crippen LogP contribution in [-0.4, -0.2) is 27.9 Å². The zero-order chi connectivity index (χ0) is 19.1. The fourth-order valence-corrected chi connectivity index (χ4v) is 4.72. The zero-order valence-corrected chi connectivity index (χ0v) is 16.4. The van der Waals surface area contributed by atoms with Crippen LogP contribution < -0.4 is 10.5 Å². The molecule has 1 aliphatic heterocycles. The molecule has 3 aromatic rings. The molecular weight excluding hydrogens is 348 g/mol. The van der Waals surface area contributed by atoms with Gasteiger partial charge in [-0.2, -0.15) is 5.10 Å². The molecule has 1 saturated heterocycles. The molecule has 5 heteroatoms. The highest BCUT2D eigenvalue weighted by molar-refractivity contribution is 5.92. The fourth-order valence-electron chi connectivity index (χ4n) is 4.72. The quantitative estimate of drug-likeness (QED) is 0.704. The summed E-state index contributed by atoms with van der Waals surface area (Å²) >= 11 is 0. The predicted octanol–water partition coefficient (Wildman–Crippen LogP) is 3.51. The Morgan fingerprint density at radius 2 is 1.93 bits per heavy atom. The molecule has 0 spiro atoms. The Kier molecular flexibility index (Phi) is 4.38. The van der Waals surface area contributed by atoms with Crippen LogP contribution in [0.2, 0.25) is 0 Å². The maximum absolute atomic E-state index is 12.4. The smallest absolute Gasteiger partial charge is 0.267 e. The lowest BCUT2D eigenvalue weighted by Crippen LogP contribution is -2.37. The summed E-state index contributed by atoms with van der Waals surface area (Å²) in [4.78, 5) is 19.6. The topological polar surface area (TPSA) is 51.0 Å². The fraction of sp³-hybridized carbons (Fsp3) is 0.435. The van der Waals surface area contributed by atoms with Crippen molar-refractivity contribution in [3.05, 3.63) is 63.7 Å². The Morgan fingerprint density at radius 1 is 1.11 bits per heavy atom. The standard InChI is InChI=1S/C23H26N4O/c1-16-13-22(19-6-2-3-7-21(19)24-16)26-11-9-17(10-12-26)15-27-23(28)14-18-5-4-8-20(18)25-27/h2-3,6-7,13-14,17H,4-5,8-12,15H2,1H3. The SMILES string of the molecule is Cc1cc(N2CCC(Cn3nc4c(cc3=O)CCC4)CC2)c2ccccc2n1. The highest BCUT2D eigenvalue weighted by atomic mass is 16.1. The van der Waals surface area contributed by atoms with Gasteiger partial charge >= 0.3 is 0 Å². The number of nitrogens with zero attached hydrogens (tertiary/aromatic N) is 4. The third-order valence-corrected chi connectivity index (χ3v) is 6.23. The molecular formula is C23H26N4O. The number of pyridine rings is 1. The molecule has 2 aliphatic rings. The van der Waals surface area contributed by atoms with Gasteiger partial charge in [-0.25, -0.2) is 4.68 Å². The van der Waals surface area contributed by atoms with E-state index >= 15 is 0 Å². The Bertz CT molecular complexity index is 1080. The van der Waals surface area contributed by atoms with E-state index in [0.717, 1.165) is 74.2 Å². The molecule has 1 aromatic carbocycles. The van der Waals surface area contributed by atoms with E-state index in [9.17, 15) is 4.79 Å². The van der Waals surface area contributed by atoms with Crippen molar-refractivity contribution in [1.82, 2.24) is 14.8 Å². The molecule has 3 heterocycles. The summed E-state index contributed by atoms with van der Waals surface area (Å²) in [5.41, 5.74) is 5.78. The van der Waals surface area contributed by atoms with Crippen LogP contribution in [0.25, 0.3) is 10.9 Å². The monoisotopic (exact) mass is 374 g/mol. The van der Waals surface area contributed by atoms with Crippen LogP contribution in [0.15, 0.2) is 41.2 Å². The number of aryl methyl sites for hydroxylation is 3. The molecule has 0 unspecified atom stereocenters. The molecule has 0 radical (unpaired) electrons. The molecule has 1 aliphatic carbocycles. The molecule has 5 nitrogen and oxygen atoms in total. The first-order valence-electron chi connectivity index (χ1n) is 10.4.